The number of nitrogens with zero attached hydrogens (tertiary/aromatic N) is 2. The normalized spacial score (nSPS) is 10.2. The largest absolute Gasteiger partial charge is 0.497 e. The molecule has 1 aromatic carbocycles. The monoisotopic (exact) mass is 337 g/mol. The maximum atomic E-state index is 11.9. The van der Waals surface area contributed by atoms with Crippen LogP contribution in [0.4, 0.5) is 10.5 Å². The highest BCUT2D eigenvalue weighted by atomic mass is 32.2. The Balaban J connectivity index is 1.80. The second kappa shape index (κ2) is 8.28. The van der Waals surface area contributed by atoms with Gasteiger partial charge in [0.05, 0.1) is 19.9 Å². The molecule has 0 aliphatic carbocycles. The number of H-pyrrole nitrogens is 1. The van der Waals surface area contributed by atoms with Crippen LogP contribution in [0.3, 0.4) is 0 Å². The summed E-state index contributed by atoms with van der Waals surface area (Å²) in [6.07, 6.45) is 0. The predicted octanol–water partition coefficient (Wildman–Crippen LogP) is 2.04. The Kier molecular flexibility index (Phi) is 6.10. The molecule has 124 valence electrons. The van der Waals surface area contributed by atoms with Crippen molar-refractivity contribution in [3.63, 3.8) is 0 Å². The van der Waals surface area contributed by atoms with Gasteiger partial charge in [-0.1, -0.05) is 11.8 Å². The first-order chi connectivity index (χ1) is 11.1. The van der Waals surface area contributed by atoms with Gasteiger partial charge in [-0.25, -0.2) is 9.78 Å². The number of methoxy groups -OCH3 is 2. The van der Waals surface area contributed by atoms with Gasteiger partial charge in [-0.15, -0.1) is 5.10 Å². The SMILES string of the molecule is COc1ccc(OC)c(NC(=O)NCCSc2n[nH]c(C)n2)c1. The Morgan fingerprint density at radius 1 is 1.35 bits per heavy atom. The molecule has 0 fully saturated rings. The lowest BCUT2D eigenvalue weighted by Gasteiger charge is -2.12. The summed E-state index contributed by atoms with van der Waals surface area (Å²) in [7, 11) is 3.11. The maximum Gasteiger partial charge on any atom is 0.319 e. The number of amides is 2. The molecule has 0 atom stereocenters. The molecule has 3 N–H and O–H groups in total. The molecule has 23 heavy (non-hydrogen) atoms. The van der Waals surface area contributed by atoms with E-state index in [1.165, 1.54) is 11.8 Å². The Morgan fingerprint density at radius 2 is 2.17 bits per heavy atom. The van der Waals surface area contributed by atoms with Gasteiger partial charge in [0, 0.05) is 18.4 Å². The highest BCUT2D eigenvalue weighted by Gasteiger charge is 2.09. The lowest BCUT2D eigenvalue weighted by Crippen LogP contribution is -2.30. The van der Waals surface area contributed by atoms with E-state index in [9.17, 15) is 4.79 Å². The zero-order chi connectivity index (χ0) is 16.7. The molecule has 0 bridgehead atoms. The molecule has 1 heterocycles. The fourth-order valence-corrected chi connectivity index (χ4v) is 2.47. The molecule has 0 unspecified atom stereocenters. The number of aromatic amines is 1. The van der Waals surface area contributed by atoms with Gasteiger partial charge >= 0.3 is 6.03 Å². The molecule has 8 nitrogen and oxygen atoms in total. The molecule has 2 aromatic rings. The number of ether oxygens (including phenoxy) is 2. The Labute approximate surface area is 138 Å². The van der Waals surface area contributed by atoms with Crippen molar-refractivity contribution in [2.75, 3.05) is 31.8 Å². The quantitative estimate of drug-likeness (QED) is 0.528. The molecule has 0 saturated heterocycles. The number of hydrogen-bond acceptors (Lipinski definition) is 6. The van der Waals surface area contributed by atoms with Gasteiger partial charge in [0.25, 0.3) is 0 Å². The van der Waals surface area contributed by atoms with E-state index in [1.54, 1.807) is 32.4 Å². The molecular weight excluding hydrogens is 318 g/mol. The third-order valence-corrected chi connectivity index (χ3v) is 3.70. The molecule has 2 amide bonds. The summed E-state index contributed by atoms with van der Waals surface area (Å²) in [6.45, 7) is 2.32. The van der Waals surface area contributed by atoms with Crippen molar-refractivity contribution in [1.82, 2.24) is 20.5 Å². The van der Waals surface area contributed by atoms with Crippen LogP contribution in [-0.2, 0) is 0 Å². The second-order valence-electron chi connectivity index (χ2n) is 4.50. The summed E-state index contributed by atoms with van der Waals surface area (Å²) in [5.74, 6) is 2.63. The average Bonchev–Trinajstić information content (AvgIpc) is 2.97. The Bertz CT molecular complexity index is 662. The summed E-state index contributed by atoms with van der Waals surface area (Å²) >= 11 is 1.46. The van der Waals surface area contributed by atoms with E-state index in [1.807, 2.05) is 6.92 Å². The minimum absolute atomic E-state index is 0.316. The summed E-state index contributed by atoms with van der Waals surface area (Å²) in [6, 6.07) is 4.87. The summed E-state index contributed by atoms with van der Waals surface area (Å²) in [5, 5.41) is 12.9. The lowest BCUT2D eigenvalue weighted by atomic mass is 10.2. The molecule has 0 spiro atoms. The number of urea groups is 1. The number of thioether (sulfide) groups is 1. The first-order valence-electron chi connectivity index (χ1n) is 6.91. The van der Waals surface area contributed by atoms with Crippen LogP contribution < -0.4 is 20.1 Å². The van der Waals surface area contributed by atoms with Crippen LogP contribution in [0.5, 0.6) is 11.5 Å². The van der Waals surface area contributed by atoms with Crippen molar-refractivity contribution < 1.29 is 14.3 Å². The minimum Gasteiger partial charge on any atom is -0.497 e. The Hall–Kier alpha value is -2.42. The van der Waals surface area contributed by atoms with Crippen molar-refractivity contribution in [3.05, 3.63) is 24.0 Å². The van der Waals surface area contributed by atoms with Crippen LogP contribution >= 0.6 is 11.8 Å². The highest BCUT2D eigenvalue weighted by Crippen LogP contribution is 2.28. The van der Waals surface area contributed by atoms with Gasteiger partial charge < -0.3 is 20.1 Å². The third kappa shape index (κ3) is 5.06. The van der Waals surface area contributed by atoms with Gasteiger partial charge in [-0.05, 0) is 19.1 Å². The first-order valence-corrected chi connectivity index (χ1v) is 7.89. The minimum atomic E-state index is -0.316. The zero-order valence-electron chi connectivity index (χ0n) is 13.2. The van der Waals surface area contributed by atoms with E-state index >= 15 is 0 Å². The van der Waals surface area contributed by atoms with Gasteiger partial charge in [0.15, 0.2) is 0 Å². The fourth-order valence-electron chi connectivity index (χ4n) is 1.77. The number of hydrogen-bond donors (Lipinski definition) is 3. The van der Waals surface area contributed by atoms with E-state index in [0.29, 0.717) is 34.6 Å². The average molecular weight is 337 g/mol. The molecule has 0 aliphatic heterocycles. The summed E-state index contributed by atoms with van der Waals surface area (Å²) < 4.78 is 10.3. The maximum absolute atomic E-state index is 11.9. The summed E-state index contributed by atoms with van der Waals surface area (Å²) in [4.78, 5) is 16.1. The topological polar surface area (TPSA) is 101 Å². The molecule has 1 aromatic heterocycles. The number of rotatable bonds is 7. The fraction of sp³-hybridized carbons (Fsp3) is 0.357. The molecule has 0 aliphatic rings. The number of anilines is 1. The smallest absolute Gasteiger partial charge is 0.319 e. The second-order valence-corrected chi connectivity index (χ2v) is 5.56. The van der Waals surface area contributed by atoms with Crippen molar-refractivity contribution in [2.45, 2.75) is 12.1 Å². The van der Waals surface area contributed by atoms with Crippen LogP contribution in [0.25, 0.3) is 0 Å². The van der Waals surface area contributed by atoms with E-state index in [4.69, 9.17) is 9.47 Å². The van der Waals surface area contributed by atoms with Gasteiger partial charge in [-0.3, -0.25) is 5.10 Å². The molecule has 2 rings (SSSR count). The molecule has 0 saturated carbocycles. The number of carbonyl (C=O) groups excluding carboxylic acids is 1. The molecule has 9 heteroatoms. The van der Waals surface area contributed by atoms with Crippen LogP contribution in [-0.4, -0.2) is 47.7 Å². The van der Waals surface area contributed by atoms with Gasteiger partial charge in [0.1, 0.15) is 17.3 Å². The first kappa shape index (κ1) is 16.9. The highest BCUT2D eigenvalue weighted by molar-refractivity contribution is 7.99. The number of carbonyl (C=O) groups is 1. The Morgan fingerprint density at radius 3 is 2.83 bits per heavy atom. The van der Waals surface area contributed by atoms with Crippen LogP contribution in [0.15, 0.2) is 23.4 Å². The number of aryl methyl sites for hydroxylation is 1. The van der Waals surface area contributed by atoms with Gasteiger partial charge in [0.2, 0.25) is 5.16 Å². The van der Waals surface area contributed by atoms with Crippen molar-refractivity contribution in [3.8, 4) is 11.5 Å². The molecular formula is C14H19N5O3S. The van der Waals surface area contributed by atoms with E-state index in [0.717, 1.165) is 5.82 Å². The summed E-state index contributed by atoms with van der Waals surface area (Å²) in [5.41, 5.74) is 0.543. The number of nitrogens with one attached hydrogen (secondary N) is 3. The van der Waals surface area contributed by atoms with Crippen LogP contribution in [0, 0.1) is 6.92 Å². The third-order valence-electron chi connectivity index (χ3n) is 2.85. The zero-order valence-corrected chi connectivity index (χ0v) is 14.0. The van der Waals surface area contributed by atoms with Gasteiger partial charge in [-0.2, -0.15) is 0 Å². The van der Waals surface area contributed by atoms with E-state index < -0.39 is 0 Å². The number of benzene rings is 1. The standard InChI is InChI=1S/C14H19N5O3S/c1-9-16-14(19-18-9)23-7-6-15-13(20)17-11-8-10(21-2)4-5-12(11)22-3/h4-5,8H,6-7H2,1-3H3,(H2,15,17,20)(H,16,18,19). The predicted molar refractivity (Wildman–Crippen MR) is 88.4 cm³/mol. The number of aromatic nitrogens is 3. The van der Waals surface area contributed by atoms with Crippen molar-refractivity contribution in [2.24, 2.45) is 0 Å². The van der Waals surface area contributed by atoms with Crippen LogP contribution in [0.1, 0.15) is 5.82 Å². The molecule has 0 radical (unpaired) electrons. The van der Waals surface area contributed by atoms with Crippen molar-refractivity contribution >= 4 is 23.5 Å². The van der Waals surface area contributed by atoms with E-state index in [2.05, 4.69) is 25.8 Å². The van der Waals surface area contributed by atoms with Crippen LogP contribution in [0.2, 0.25) is 0 Å². The lowest BCUT2D eigenvalue weighted by molar-refractivity contribution is 0.252. The van der Waals surface area contributed by atoms with E-state index in [-0.39, 0.29) is 6.03 Å². The van der Waals surface area contributed by atoms with Crippen molar-refractivity contribution in [1.29, 1.82) is 0 Å².